The third-order valence-electron chi connectivity index (χ3n) is 2.55. The molecule has 0 aliphatic rings. The molecule has 0 spiro atoms. The van der Waals surface area contributed by atoms with Gasteiger partial charge in [-0.25, -0.2) is 0 Å². The Morgan fingerprint density at radius 1 is 1.53 bits per heavy atom. The van der Waals surface area contributed by atoms with Crippen molar-refractivity contribution in [2.75, 3.05) is 6.54 Å². The van der Waals surface area contributed by atoms with Crippen LogP contribution in [0.2, 0.25) is 0 Å². The van der Waals surface area contributed by atoms with Crippen LogP contribution in [0, 0.1) is 0 Å². The lowest BCUT2D eigenvalue weighted by Crippen LogP contribution is -2.43. The van der Waals surface area contributed by atoms with Gasteiger partial charge in [0, 0.05) is 18.5 Å². The Hall–Kier alpha value is -1.96. The molecule has 1 aromatic rings. The van der Waals surface area contributed by atoms with Crippen molar-refractivity contribution in [1.82, 2.24) is 20.3 Å². The van der Waals surface area contributed by atoms with Crippen molar-refractivity contribution >= 4 is 11.9 Å². The van der Waals surface area contributed by atoms with Gasteiger partial charge in [0.15, 0.2) is 5.69 Å². The number of amides is 1. The van der Waals surface area contributed by atoms with Crippen molar-refractivity contribution in [1.29, 1.82) is 0 Å². The third kappa shape index (κ3) is 5.04. The quantitative estimate of drug-likeness (QED) is 0.619. The van der Waals surface area contributed by atoms with E-state index in [0.29, 0.717) is 19.5 Å². The van der Waals surface area contributed by atoms with Crippen LogP contribution in [0.25, 0.3) is 0 Å². The fourth-order valence-electron chi connectivity index (χ4n) is 1.50. The van der Waals surface area contributed by atoms with E-state index in [1.54, 1.807) is 13.8 Å². The monoisotopic (exact) mass is 269 g/mol. The Bertz CT molecular complexity index is 455. The van der Waals surface area contributed by atoms with E-state index in [0.717, 1.165) is 0 Å². The number of aliphatic carboxylic acids is 1. The van der Waals surface area contributed by atoms with Crippen molar-refractivity contribution in [3.63, 3.8) is 0 Å². The molecule has 0 saturated heterocycles. The molecule has 8 heteroatoms. The zero-order chi connectivity index (χ0) is 14.5. The molecule has 4 N–H and O–H groups in total. The van der Waals surface area contributed by atoms with Gasteiger partial charge in [0.05, 0.1) is 12.7 Å². The van der Waals surface area contributed by atoms with Crippen LogP contribution in [-0.2, 0) is 11.3 Å². The summed E-state index contributed by atoms with van der Waals surface area (Å²) < 4.78 is 1.49. The molecule has 8 nitrogen and oxygen atoms in total. The number of carboxylic acid groups (broad SMARTS) is 1. The van der Waals surface area contributed by atoms with Crippen LogP contribution in [-0.4, -0.2) is 44.1 Å². The number of nitrogens with zero attached hydrogens (tertiary/aromatic N) is 3. The molecule has 19 heavy (non-hydrogen) atoms. The molecule has 1 aromatic heterocycles. The highest BCUT2D eigenvalue weighted by Crippen LogP contribution is 2.12. The Morgan fingerprint density at radius 2 is 2.21 bits per heavy atom. The fourth-order valence-corrected chi connectivity index (χ4v) is 1.50. The molecule has 0 bridgehead atoms. The maximum absolute atomic E-state index is 11.9. The summed E-state index contributed by atoms with van der Waals surface area (Å²) in [4.78, 5) is 22.4. The summed E-state index contributed by atoms with van der Waals surface area (Å²) in [5, 5.41) is 18.9. The highest BCUT2D eigenvalue weighted by molar-refractivity contribution is 5.92. The van der Waals surface area contributed by atoms with Crippen LogP contribution in [0.3, 0.4) is 0 Å². The lowest BCUT2D eigenvalue weighted by Gasteiger charge is -2.24. The van der Waals surface area contributed by atoms with E-state index in [1.807, 2.05) is 0 Å². The summed E-state index contributed by atoms with van der Waals surface area (Å²) in [7, 11) is 0. The van der Waals surface area contributed by atoms with Gasteiger partial charge in [-0.15, -0.1) is 5.10 Å². The van der Waals surface area contributed by atoms with E-state index >= 15 is 0 Å². The molecule has 1 amide bonds. The van der Waals surface area contributed by atoms with Gasteiger partial charge >= 0.3 is 5.97 Å². The van der Waals surface area contributed by atoms with E-state index in [-0.39, 0.29) is 18.0 Å². The van der Waals surface area contributed by atoms with Crippen LogP contribution < -0.4 is 11.1 Å². The van der Waals surface area contributed by atoms with Crippen molar-refractivity contribution in [3.05, 3.63) is 11.9 Å². The number of aromatic nitrogens is 3. The van der Waals surface area contributed by atoms with Gasteiger partial charge in [-0.05, 0) is 20.3 Å². The standard InChI is InChI=1S/C11H19N5O3/c1-11(2,4-3-9(17)18)13-10(19)8-7-16(6-5-12)15-14-8/h7H,3-6,12H2,1-2H3,(H,13,19)(H,17,18). The number of hydrogen-bond acceptors (Lipinski definition) is 5. The normalized spacial score (nSPS) is 11.3. The summed E-state index contributed by atoms with van der Waals surface area (Å²) in [6.45, 7) is 4.42. The lowest BCUT2D eigenvalue weighted by atomic mass is 9.98. The van der Waals surface area contributed by atoms with Gasteiger partial charge in [-0.3, -0.25) is 14.3 Å². The van der Waals surface area contributed by atoms with Crippen molar-refractivity contribution in [2.24, 2.45) is 5.73 Å². The maximum Gasteiger partial charge on any atom is 0.303 e. The molecule has 1 rings (SSSR count). The fraction of sp³-hybridized carbons (Fsp3) is 0.636. The van der Waals surface area contributed by atoms with Crippen molar-refractivity contribution in [3.8, 4) is 0 Å². The molecule has 0 aliphatic carbocycles. The van der Waals surface area contributed by atoms with Gasteiger partial charge < -0.3 is 16.2 Å². The average molecular weight is 269 g/mol. The minimum absolute atomic E-state index is 0.00680. The summed E-state index contributed by atoms with van der Waals surface area (Å²) >= 11 is 0. The molecule has 106 valence electrons. The first-order valence-electron chi connectivity index (χ1n) is 5.98. The number of carbonyl (C=O) groups excluding carboxylic acids is 1. The van der Waals surface area contributed by atoms with E-state index in [2.05, 4.69) is 15.6 Å². The topological polar surface area (TPSA) is 123 Å². The highest BCUT2D eigenvalue weighted by atomic mass is 16.4. The van der Waals surface area contributed by atoms with Gasteiger partial charge in [-0.2, -0.15) is 0 Å². The zero-order valence-electron chi connectivity index (χ0n) is 11.1. The molecular weight excluding hydrogens is 250 g/mol. The second-order valence-corrected chi connectivity index (χ2v) is 4.89. The second-order valence-electron chi connectivity index (χ2n) is 4.89. The third-order valence-corrected chi connectivity index (χ3v) is 2.55. The zero-order valence-corrected chi connectivity index (χ0v) is 11.1. The van der Waals surface area contributed by atoms with Crippen LogP contribution >= 0.6 is 0 Å². The Kier molecular flexibility index (Phi) is 4.99. The summed E-state index contributed by atoms with van der Waals surface area (Å²) in [6.07, 6.45) is 1.84. The SMILES string of the molecule is CC(C)(CCC(=O)O)NC(=O)c1cn(CCN)nn1. The Balaban J connectivity index is 2.59. The predicted molar refractivity (Wildman–Crippen MR) is 67.5 cm³/mol. The molecule has 0 aromatic carbocycles. The van der Waals surface area contributed by atoms with Gasteiger partial charge in [0.1, 0.15) is 0 Å². The smallest absolute Gasteiger partial charge is 0.303 e. The number of nitrogens with one attached hydrogen (secondary N) is 1. The Morgan fingerprint density at radius 3 is 2.79 bits per heavy atom. The van der Waals surface area contributed by atoms with Crippen molar-refractivity contribution < 1.29 is 14.7 Å². The number of carbonyl (C=O) groups is 2. The van der Waals surface area contributed by atoms with Crippen LogP contribution in [0.4, 0.5) is 0 Å². The van der Waals surface area contributed by atoms with Crippen LogP contribution in [0.15, 0.2) is 6.20 Å². The molecule has 0 fully saturated rings. The van der Waals surface area contributed by atoms with Gasteiger partial charge in [-0.1, -0.05) is 5.21 Å². The van der Waals surface area contributed by atoms with Crippen LogP contribution in [0.5, 0.6) is 0 Å². The molecule has 1 heterocycles. The minimum atomic E-state index is -0.892. The average Bonchev–Trinajstić information content (AvgIpc) is 2.75. The molecule has 0 saturated carbocycles. The number of rotatable bonds is 7. The van der Waals surface area contributed by atoms with Crippen LogP contribution in [0.1, 0.15) is 37.2 Å². The highest BCUT2D eigenvalue weighted by Gasteiger charge is 2.23. The molecule has 0 radical (unpaired) electrons. The predicted octanol–water partition coefficient (Wildman–Crippen LogP) is -0.390. The van der Waals surface area contributed by atoms with E-state index in [1.165, 1.54) is 10.9 Å². The molecular formula is C11H19N5O3. The van der Waals surface area contributed by atoms with Gasteiger partial charge in [0.2, 0.25) is 0 Å². The second kappa shape index (κ2) is 6.28. The summed E-state index contributed by atoms with van der Waals surface area (Å²) in [5.41, 5.74) is 4.94. The summed E-state index contributed by atoms with van der Waals surface area (Å²) in [5.74, 6) is -1.27. The number of nitrogens with two attached hydrogens (primary N) is 1. The molecule has 0 unspecified atom stereocenters. The largest absolute Gasteiger partial charge is 0.481 e. The first-order chi connectivity index (χ1) is 8.84. The minimum Gasteiger partial charge on any atom is -0.481 e. The molecule has 0 atom stereocenters. The maximum atomic E-state index is 11.9. The molecule has 0 aliphatic heterocycles. The number of hydrogen-bond donors (Lipinski definition) is 3. The van der Waals surface area contributed by atoms with E-state index in [9.17, 15) is 9.59 Å². The number of carboxylic acids is 1. The van der Waals surface area contributed by atoms with Gasteiger partial charge in [0.25, 0.3) is 5.91 Å². The Labute approximate surface area is 111 Å². The van der Waals surface area contributed by atoms with Crippen molar-refractivity contribution in [2.45, 2.75) is 38.8 Å². The lowest BCUT2D eigenvalue weighted by molar-refractivity contribution is -0.137. The first kappa shape index (κ1) is 15.1. The van der Waals surface area contributed by atoms with E-state index < -0.39 is 11.5 Å². The summed E-state index contributed by atoms with van der Waals surface area (Å²) in [6, 6.07) is 0. The first-order valence-corrected chi connectivity index (χ1v) is 5.98. The van der Waals surface area contributed by atoms with E-state index in [4.69, 9.17) is 10.8 Å².